The number of carbonyl (C=O) groups excluding carboxylic acids is 1. The summed E-state index contributed by atoms with van der Waals surface area (Å²) in [6, 6.07) is 13.0. The van der Waals surface area contributed by atoms with Crippen molar-refractivity contribution in [2.45, 2.75) is 31.9 Å². The minimum absolute atomic E-state index is 0.180. The molecule has 1 amide bonds. The number of rotatable bonds is 7. The predicted octanol–water partition coefficient (Wildman–Crippen LogP) is 4.00. The average Bonchev–Trinajstić information content (AvgIpc) is 3.35. The Labute approximate surface area is 178 Å². The lowest BCUT2D eigenvalue weighted by atomic mass is 10.0. The van der Waals surface area contributed by atoms with Gasteiger partial charge < -0.3 is 19.8 Å². The Morgan fingerprint density at radius 1 is 1.27 bits per heavy atom. The van der Waals surface area contributed by atoms with Crippen molar-refractivity contribution in [1.29, 1.82) is 0 Å². The fourth-order valence-electron chi connectivity index (χ4n) is 3.44. The van der Waals surface area contributed by atoms with E-state index in [2.05, 4.69) is 9.97 Å². The quantitative estimate of drug-likeness (QED) is 0.466. The van der Waals surface area contributed by atoms with Gasteiger partial charge in [-0.15, -0.1) is 0 Å². The van der Waals surface area contributed by atoms with Gasteiger partial charge in [0.25, 0.3) is 5.91 Å². The molecule has 2 atom stereocenters. The van der Waals surface area contributed by atoms with Crippen LogP contribution in [0.4, 0.5) is 0 Å². The number of aliphatic hydroxyl groups excluding tert-OH is 1. The molecule has 154 valence electrons. The molecule has 0 saturated carbocycles. The first-order chi connectivity index (χ1) is 14.4. The minimum atomic E-state index is -0.618. The van der Waals surface area contributed by atoms with Crippen molar-refractivity contribution in [2.24, 2.45) is 5.73 Å². The number of amides is 1. The van der Waals surface area contributed by atoms with Crippen LogP contribution in [0.5, 0.6) is 0 Å². The number of nitrogens with two attached hydrogens (primary N) is 1. The third-order valence-electron chi connectivity index (χ3n) is 5.07. The maximum Gasteiger partial charge on any atom is 0.268 e. The molecule has 0 unspecified atom stereocenters. The molecule has 30 heavy (non-hydrogen) atoms. The largest absolute Gasteiger partial charge is 0.436 e. The number of aromatic nitrogens is 3. The molecule has 0 spiro atoms. The van der Waals surface area contributed by atoms with Crippen LogP contribution in [-0.4, -0.2) is 31.7 Å². The molecule has 0 aliphatic heterocycles. The summed E-state index contributed by atoms with van der Waals surface area (Å²) in [5, 5.41) is 10.9. The monoisotopic (exact) mass is 424 g/mol. The topological polar surface area (TPSA) is 107 Å². The highest BCUT2D eigenvalue weighted by Crippen LogP contribution is 2.27. The number of hydrogen-bond acceptors (Lipinski definition) is 5. The van der Waals surface area contributed by atoms with Crippen molar-refractivity contribution in [3.8, 4) is 11.5 Å². The van der Waals surface area contributed by atoms with Gasteiger partial charge in [0.15, 0.2) is 5.58 Å². The number of carbonyl (C=O) groups is 1. The fraction of sp³-hybridized carbons (Fsp3) is 0.227. The lowest BCUT2D eigenvalue weighted by Gasteiger charge is -2.21. The van der Waals surface area contributed by atoms with Gasteiger partial charge in [-0.3, -0.25) is 4.79 Å². The summed E-state index contributed by atoms with van der Waals surface area (Å²) in [5.74, 6) is -0.0517. The molecule has 0 aliphatic rings. The van der Waals surface area contributed by atoms with E-state index < -0.39 is 12.0 Å². The number of aryl methyl sites for hydroxylation is 1. The summed E-state index contributed by atoms with van der Waals surface area (Å²) in [6.07, 6.45) is 3.83. The number of halogens is 1. The minimum Gasteiger partial charge on any atom is -0.436 e. The normalized spacial score (nSPS) is 13.4. The van der Waals surface area contributed by atoms with Gasteiger partial charge in [0.05, 0.1) is 18.5 Å². The Hall–Kier alpha value is -3.16. The van der Waals surface area contributed by atoms with E-state index in [0.717, 1.165) is 16.6 Å². The van der Waals surface area contributed by atoms with Gasteiger partial charge in [-0.25, -0.2) is 9.97 Å². The molecule has 2 aromatic carbocycles. The van der Waals surface area contributed by atoms with E-state index in [1.807, 2.05) is 30.3 Å². The second-order valence-corrected chi connectivity index (χ2v) is 7.68. The van der Waals surface area contributed by atoms with Crippen LogP contribution in [0.25, 0.3) is 22.6 Å². The molecule has 0 radical (unpaired) electrons. The molecule has 0 saturated heterocycles. The average molecular weight is 425 g/mol. The molecule has 8 heteroatoms. The van der Waals surface area contributed by atoms with Crippen LogP contribution >= 0.6 is 11.6 Å². The highest BCUT2D eigenvalue weighted by molar-refractivity contribution is 6.30. The van der Waals surface area contributed by atoms with E-state index in [-0.39, 0.29) is 11.7 Å². The third-order valence-corrected chi connectivity index (χ3v) is 5.32. The van der Waals surface area contributed by atoms with Crippen molar-refractivity contribution in [2.75, 3.05) is 0 Å². The first-order valence-corrected chi connectivity index (χ1v) is 9.95. The van der Waals surface area contributed by atoms with Crippen molar-refractivity contribution in [3.63, 3.8) is 0 Å². The summed E-state index contributed by atoms with van der Waals surface area (Å²) >= 11 is 5.94. The number of primary amides is 1. The predicted molar refractivity (Wildman–Crippen MR) is 114 cm³/mol. The number of hydrogen-bond donors (Lipinski definition) is 2. The van der Waals surface area contributed by atoms with Gasteiger partial charge in [-0.2, -0.15) is 0 Å². The first kappa shape index (κ1) is 20.1. The number of oxazole rings is 1. The smallest absolute Gasteiger partial charge is 0.268 e. The molecule has 2 heterocycles. The zero-order valence-corrected chi connectivity index (χ0v) is 17.1. The second-order valence-electron chi connectivity index (χ2n) is 7.24. The first-order valence-electron chi connectivity index (χ1n) is 9.57. The molecule has 0 fully saturated rings. The van der Waals surface area contributed by atoms with Gasteiger partial charge in [0, 0.05) is 16.8 Å². The molecule has 0 aliphatic carbocycles. The lowest BCUT2D eigenvalue weighted by Crippen LogP contribution is -2.21. The maximum atomic E-state index is 11.3. The number of aliphatic hydroxyl groups is 1. The van der Waals surface area contributed by atoms with Gasteiger partial charge in [0.1, 0.15) is 11.2 Å². The van der Waals surface area contributed by atoms with Crippen molar-refractivity contribution in [3.05, 3.63) is 71.3 Å². The van der Waals surface area contributed by atoms with Crippen molar-refractivity contribution in [1.82, 2.24) is 14.5 Å². The van der Waals surface area contributed by atoms with E-state index in [4.69, 9.17) is 21.8 Å². The van der Waals surface area contributed by atoms with E-state index in [1.54, 1.807) is 29.8 Å². The highest BCUT2D eigenvalue weighted by Gasteiger charge is 2.19. The summed E-state index contributed by atoms with van der Waals surface area (Å²) < 4.78 is 7.59. The molecular formula is C22H21ClN4O3. The van der Waals surface area contributed by atoms with Crippen LogP contribution in [0.1, 0.15) is 35.4 Å². The standard InChI is InChI=1S/C22H21ClN4O3/c1-13(28)19(27-11-18(21(24)29)25-12-27)8-2-14-3-9-20-17(10-14)26-22(30-20)15-4-6-16(23)7-5-15/h3-7,9-13,19,28H,2,8H2,1H3,(H2,24,29)/t13-,19+/m0/s1. The molecule has 3 N–H and O–H groups in total. The van der Waals surface area contributed by atoms with E-state index in [1.165, 1.54) is 6.33 Å². The fourth-order valence-corrected chi connectivity index (χ4v) is 3.57. The van der Waals surface area contributed by atoms with E-state index >= 15 is 0 Å². The number of fused-ring (bicyclic) bond motifs is 1. The SMILES string of the molecule is C[C@H](O)[C@@H](CCc1ccc2oc(-c3ccc(Cl)cc3)nc2c1)n1cnc(C(N)=O)c1. The molecule has 2 aromatic heterocycles. The molecule has 4 rings (SSSR count). The number of imidazole rings is 1. The van der Waals surface area contributed by atoms with Crippen LogP contribution in [0.3, 0.4) is 0 Å². The van der Waals surface area contributed by atoms with Crippen LogP contribution in [0, 0.1) is 0 Å². The zero-order chi connectivity index (χ0) is 21.3. The van der Waals surface area contributed by atoms with Crippen LogP contribution in [0.15, 0.2) is 59.4 Å². The summed E-state index contributed by atoms with van der Waals surface area (Å²) in [4.78, 5) is 19.9. The molecule has 4 aromatic rings. The Balaban J connectivity index is 1.52. The van der Waals surface area contributed by atoms with Crippen LogP contribution in [-0.2, 0) is 6.42 Å². The Bertz CT molecular complexity index is 1180. The molecule has 0 bridgehead atoms. The Morgan fingerprint density at radius 2 is 2.03 bits per heavy atom. The van der Waals surface area contributed by atoms with Gasteiger partial charge in [-0.05, 0) is 61.7 Å². The van der Waals surface area contributed by atoms with Gasteiger partial charge >= 0.3 is 0 Å². The second kappa shape index (κ2) is 8.30. The van der Waals surface area contributed by atoms with Crippen LogP contribution < -0.4 is 5.73 Å². The lowest BCUT2D eigenvalue weighted by molar-refractivity contribution is 0.0994. The summed E-state index contributed by atoms with van der Waals surface area (Å²) in [5.41, 5.74) is 8.85. The zero-order valence-electron chi connectivity index (χ0n) is 16.3. The Kier molecular flexibility index (Phi) is 5.57. The summed E-state index contributed by atoms with van der Waals surface area (Å²) in [7, 11) is 0. The van der Waals surface area contributed by atoms with Crippen molar-refractivity contribution < 1.29 is 14.3 Å². The van der Waals surface area contributed by atoms with Gasteiger partial charge in [-0.1, -0.05) is 17.7 Å². The molecular weight excluding hydrogens is 404 g/mol. The van der Waals surface area contributed by atoms with E-state index in [0.29, 0.717) is 29.3 Å². The van der Waals surface area contributed by atoms with Crippen LogP contribution in [0.2, 0.25) is 5.02 Å². The maximum absolute atomic E-state index is 11.3. The van der Waals surface area contributed by atoms with Crippen molar-refractivity contribution >= 4 is 28.6 Å². The highest BCUT2D eigenvalue weighted by atomic mass is 35.5. The Morgan fingerprint density at radius 3 is 2.70 bits per heavy atom. The third kappa shape index (κ3) is 4.22. The van der Waals surface area contributed by atoms with E-state index in [9.17, 15) is 9.90 Å². The number of nitrogens with zero attached hydrogens (tertiary/aromatic N) is 3. The number of benzene rings is 2. The van der Waals surface area contributed by atoms with Gasteiger partial charge in [0.2, 0.25) is 5.89 Å². The molecule has 7 nitrogen and oxygen atoms in total. The summed E-state index contributed by atoms with van der Waals surface area (Å²) in [6.45, 7) is 1.72.